The van der Waals surface area contributed by atoms with Gasteiger partial charge in [-0.05, 0) is 12.8 Å². The maximum Gasteiger partial charge on any atom is 0.222 e. The molecule has 0 spiro atoms. The number of alkyl halides is 1. The van der Waals surface area contributed by atoms with Crippen LogP contribution in [0.1, 0.15) is 19.3 Å². The number of halogens is 1. The van der Waals surface area contributed by atoms with Crippen molar-refractivity contribution in [3.05, 3.63) is 18.6 Å². The molecule has 0 radical (unpaired) electrons. The molecule has 0 unspecified atom stereocenters. The maximum absolute atomic E-state index is 12.0. The van der Waals surface area contributed by atoms with Crippen molar-refractivity contribution < 1.29 is 4.79 Å². The Morgan fingerprint density at radius 2 is 2.00 bits per heavy atom. The van der Waals surface area contributed by atoms with Crippen LogP contribution >= 0.6 is 15.9 Å². The number of carbonyl (C=O) groups is 1. The molecule has 1 saturated heterocycles. The van der Waals surface area contributed by atoms with Gasteiger partial charge in [0.1, 0.15) is 5.82 Å². The van der Waals surface area contributed by atoms with E-state index in [4.69, 9.17) is 0 Å². The molecule has 0 atom stereocenters. The molecule has 19 heavy (non-hydrogen) atoms. The third-order valence-electron chi connectivity index (χ3n) is 3.28. The van der Waals surface area contributed by atoms with Crippen molar-refractivity contribution >= 4 is 27.7 Å². The van der Waals surface area contributed by atoms with E-state index in [9.17, 15) is 4.79 Å². The van der Waals surface area contributed by atoms with Gasteiger partial charge in [-0.1, -0.05) is 15.9 Å². The summed E-state index contributed by atoms with van der Waals surface area (Å²) in [6.45, 7) is 3.24. The zero-order valence-corrected chi connectivity index (χ0v) is 12.5. The third kappa shape index (κ3) is 4.16. The predicted molar refractivity (Wildman–Crippen MR) is 78.5 cm³/mol. The minimum absolute atomic E-state index is 0.278. The Morgan fingerprint density at radius 1 is 1.21 bits per heavy atom. The summed E-state index contributed by atoms with van der Waals surface area (Å²) in [5, 5.41) is 0.973. The van der Waals surface area contributed by atoms with Gasteiger partial charge in [0, 0.05) is 50.3 Å². The lowest BCUT2D eigenvalue weighted by molar-refractivity contribution is -0.131. The van der Waals surface area contributed by atoms with Crippen LogP contribution in [0.15, 0.2) is 18.6 Å². The van der Waals surface area contributed by atoms with Crippen LogP contribution in [0.3, 0.4) is 0 Å². The quantitative estimate of drug-likeness (QED) is 0.610. The van der Waals surface area contributed by atoms with Gasteiger partial charge in [0.2, 0.25) is 5.91 Å². The van der Waals surface area contributed by atoms with Crippen LogP contribution in [0.5, 0.6) is 0 Å². The fourth-order valence-electron chi connectivity index (χ4n) is 2.17. The molecule has 1 amide bonds. The van der Waals surface area contributed by atoms with Gasteiger partial charge >= 0.3 is 0 Å². The van der Waals surface area contributed by atoms with E-state index in [0.717, 1.165) is 50.2 Å². The number of hydrogen-bond acceptors (Lipinski definition) is 4. The van der Waals surface area contributed by atoms with E-state index in [0.29, 0.717) is 6.42 Å². The van der Waals surface area contributed by atoms with Crippen LogP contribution in [0.2, 0.25) is 0 Å². The zero-order chi connectivity index (χ0) is 13.5. The highest BCUT2D eigenvalue weighted by Gasteiger charge is 2.21. The number of aromatic nitrogens is 2. The van der Waals surface area contributed by atoms with Crippen molar-refractivity contribution in [2.24, 2.45) is 0 Å². The van der Waals surface area contributed by atoms with E-state index in [1.807, 2.05) is 4.90 Å². The number of amides is 1. The highest BCUT2D eigenvalue weighted by atomic mass is 79.9. The van der Waals surface area contributed by atoms with Crippen molar-refractivity contribution in [1.29, 1.82) is 0 Å². The molecule has 2 rings (SSSR count). The first-order chi connectivity index (χ1) is 9.31. The van der Waals surface area contributed by atoms with E-state index in [-0.39, 0.29) is 5.91 Å². The van der Waals surface area contributed by atoms with E-state index in [2.05, 4.69) is 30.8 Å². The van der Waals surface area contributed by atoms with Gasteiger partial charge in [-0.3, -0.25) is 9.78 Å². The van der Waals surface area contributed by atoms with Crippen molar-refractivity contribution in [2.45, 2.75) is 19.3 Å². The normalized spacial score (nSPS) is 15.6. The van der Waals surface area contributed by atoms with Gasteiger partial charge < -0.3 is 9.80 Å². The smallest absolute Gasteiger partial charge is 0.222 e. The van der Waals surface area contributed by atoms with Crippen molar-refractivity contribution in [3.63, 3.8) is 0 Å². The predicted octanol–water partition coefficient (Wildman–Crippen LogP) is 1.69. The second-order valence-electron chi connectivity index (χ2n) is 4.58. The number of hydrogen-bond donors (Lipinski definition) is 0. The number of carbonyl (C=O) groups excluding carboxylic acids is 1. The summed E-state index contributed by atoms with van der Waals surface area (Å²) < 4.78 is 0. The minimum atomic E-state index is 0.278. The summed E-state index contributed by atoms with van der Waals surface area (Å²) in [6.07, 6.45) is 7.84. The van der Waals surface area contributed by atoms with Crippen LogP contribution in [0, 0.1) is 0 Å². The molecule has 104 valence electrons. The van der Waals surface area contributed by atoms with Gasteiger partial charge in [-0.2, -0.15) is 0 Å². The highest BCUT2D eigenvalue weighted by molar-refractivity contribution is 9.09. The molecule has 0 aromatic carbocycles. The summed E-state index contributed by atoms with van der Waals surface area (Å²) in [7, 11) is 0. The third-order valence-corrected chi connectivity index (χ3v) is 3.84. The van der Waals surface area contributed by atoms with Crippen molar-refractivity contribution in [1.82, 2.24) is 14.9 Å². The van der Waals surface area contributed by atoms with Gasteiger partial charge in [0.15, 0.2) is 0 Å². The van der Waals surface area contributed by atoms with Crippen LogP contribution in [0.4, 0.5) is 5.82 Å². The first kappa shape index (κ1) is 14.2. The topological polar surface area (TPSA) is 49.3 Å². The van der Waals surface area contributed by atoms with Gasteiger partial charge in [0.05, 0.1) is 6.20 Å². The SMILES string of the molecule is O=C(CCCCBr)N1CCN(c2cnccn2)CC1. The molecule has 1 fully saturated rings. The monoisotopic (exact) mass is 326 g/mol. The Kier molecular flexibility index (Phi) is 5.57. The van der Waals surface area contributed by atoms with Gasteiger partial charge in [0.25, 0.3) is 0 Å². The molecule has 1 aromatic heterocycles. The van der Waals surface area contributed by atoms with Crippen LogP contribution in [-0.2, 0) is 4.79 Å². The number of rotatable bonds is 5. The lowest BCUT2D eigenvalue weighted by Crippen LogP contribution is -2.49. The molecule has 5 nitrogen and oxygen atoms in total. The molecule has 6 heteroatoms. The Hall–Kier alpha value is -1.17. The summed E-state index contributed by atoms with van der Waals surface area (Å²) >= 11 is 3.38. The summed E-state index contributed by atoms with van der Waals surface area (Å²) in [4.78, 5) is 24.5. The molecule has 1 aliphatic heterocycles. The average molecular weight is 327 g/mol. The second-order valence-corrected chi connectivity index (χ2v) is 5.37. The lowest BCUT2D eigenvalue weighted by atomic mass is 10.2. The molecular weight excluding hydrogens is 308 g/mol. The molecule has 0 N–H and O–H groups in total. The van der Waals surface area contributed by atoms with Crippen LogP contribution < -0.4 is 4.90 Å². The summed E-state index contributed by atoms with van der Waals surface area (Å²) in [5.41, 5.74) is 0. The van der Waals surface area contributed by atoms with Gasteiger partial charge in [-0.25, -0.2) is 4.98 Å². The molecular formula is C13H19BrN4O. The molecule has 1 aliphatic rings. The number of unbranched alkanes of at least 4 members (excludes halogenated alkanes) is 1. The summed E-state index contributed by atoms with van der Waals surface area (Å²) in [6, 6.07) is 0. The van der Waals surface area contributed by atoms with Gasteiger partial charge in [-0.15, -0.1) is 0 Å². The summed E-state index contributed by atoms with van der Waals surface area (Å²) in [5.74, 6) is 1.17. The highest BCUT2D eigenvalue weighted by Crippen LogP contribution is 2.12. The molecule has 0 aliphatic carbocycles. The number of piperazine rings is 1. The Morgan fingerprint density at radius 3 is 2.63 bits per heavy atom. The first-order valence-electron chi connectivity index (χ1n) is 6.66. The fraction of sp³-hybridized carbons (Fsp3) is 0.615. The van der Waals surface area contributed by atoms with E-state index < -0.39 is 0 Å². The molecule has 0 bridgehead atoms. The fourth-order valence-corrected chi connectivity index (χ4v) is 2.56. The minimum Gasteiger partial charge on any atom is -0.352 e. The van der Waals surface area contributed by atoms with E-state index in [1.165, 1.54) is 0 Å². The molecule has 0 saturated carbocycles. The lowest BCUT2D eigenvalue weighted by Gasteiger charge is -2.35. The van der Waals surface area contributed by atoms with Crippen LogP contribution in [-0.4, -0.2) is 52.3 Å². The van der Waals surface area contributed by atoms with E-state index >= 15 is 0 Å². The number of anilines is 1. The van der Waals surface area contributed by atoms with E-state index in [1.54, 1.807) is 18.6 Å². The first-order valence-corrected chi connectivity index (χ1v) is 7.78. The Bertz CT molecular complexity index is 393. The molecule has 2 heterocycles. The standard InChI is InChI=1S/C13H19BrN4O/c14-4-2-1-3-13(19)18-9-7-17(8-10-18)12-11-15-5-6-16-12/h5-6,11H,1-4,7-10H2. The zero-order valence-electron chi connectivity index (χ0n) is 11.0. The Balaban J connectivity index is 1.77. The van der Waals surface area contributed by atoms with Crippen molar-refractivity contribution in [2.75, 3.05) is 36.4 Å². The Labute approximate surface area is 122 Å². The number of nitrogens with zero attached hydrogens (tertiary/aromatic N) is 4. The largest absolute Gasteiger partial charge is 0.352 e. The maximum atomic E-state index is 12.0. The van der Waals surface area contributed by atoms with Crippen LogP contribution in [0.25, 0.3) is 0 Å². The average Bonchev–Trinajstić information content (AvgIpc) is 2.48. The second kappa shape index (κ2) is 7.43. The van der Waals surface area contributed by atoms with Crippen molar-refractivity contribution in [3.8, 4) is 0 Å². The molecule has 1 aromatic rings.